The lowest BCUT2D eigenvalue weighted by Crippen LogP contribution is -2.23. The predicted molar refractivity (Wildman–Crippen MR) is 82.8 cm³/mol. The number of hydrogen-bond donors (Lipinski definition) is 1. The highest BCUT2D eigenvalue weighted by molar-refractivity contribution is 14.1. The summed E-state index contributed by atoms with van der Waals surface area (Å²) in [6.45, 7) is 3.21. The van der Waals surface area contributed by atoms with Crippen LogP contribution in [-0.4, -0.2) is 21.5 Å². The van der Waals surface area contributed by atoms with Crippen molar-refractivity contribution >= 4 is 33.9 Å². The Balaban J connectivity index is 2.09. The minimum atomic E-state index is 0.335. The van der Waals surface area contributed by atoms with Crippen molar-refractivity contribution in [2.45, 2.75) is 25.8 Å². The van der Waals surface area contributed by atoms with Crippen LogP contribution in [-0.2, 0) is 13.5 Å². The smallest absolute Gasteiger partial charge is 0.0845 e. The summed E-state index contributed by atoms with van der Waals surface area (Å²) < 4.78 is 3.08. The van der Waals surface area contributed by atoms with Crippen molar-refractivity contribution < 1.29 is 0 Å². The van der Waals surface area contributed by atoms with Gasteiger partial charge in [0.05, 0.1) is 8.58 Å². The van der Waals surface area contributed by atoms with Crippen molar-refractivity contribution in [3.05, 3.63) is 31.8 Å². The van der Waals surface area contributed by atoms with Crippen LogP contribution in [0.2, 0.25) is 0 Å². The van der Waals surface area contributed by atoms with E-state index < -0.39 is 0 Å². The summed E-state index contributed by atoms with van der Waals surface area (Å²) in [5, 5.41) is 14.0. The molecular formula is C12H17IN4S. The first-order valence-corrected chi connectivity index (χ1v) is 7.97. The van der Waals surface area contributed by atoms with Gasteiger partial charge in [0, 0.05) is 25.7 Å². The maximum absolute atomic E-state index is 4.17. The number of thiophene rings is 1. The third-order valence-electron chi connectivity index (χ3n) is 2.69. The molecule has 0 aliphatic rings. The van der Waals surface area contributed by atoms with Crippen LogP contribution in [0.5, 0.6) is 0 Å². The number of rotatable bonds is 6. The molecule has 0 amide bonds. The van der Waals surface area contributed by atoms with Crippen LogP contribution in [0.1, 0.15) is 30.6 Å². The van der Waals surface area contributed by atoms with Crippen molar-refractivity contribution in [2.24, 2.45) is 7.05 Å². The van der Waals surface area contributed by atoms with Gasteiger partial charge >= 0.3 is 0 Å². The second-order valence-corrected chi connectivity index (χ2v) is 7.08. The molecule has 0 bridgehead atoms. The fourth-order valence-electron chi connectivity index (χ4n) is 1.83. The molecule has 1 unspecified atom stereocenters. The Morgan fingerprint density at radius 3 is 2.94 bits per heavy atom. The van der Waals surface area contributed by atoms with Crippen molar-refractivity contribution in [3.63, 3.8) is 0 Å². The quantitative estimate of drug-likeness (QED) is 0.789. The largest absolute Gasteiger partial charge is 0.310 e. The molecule has 1 atom stereocenters. The summed E-state index contributed by atoms with van der Waals surface area (Å²) in [5.74, 6) is 0. The number of aryl methyl sites for hydroxylation is 1. The van der Waals surface area contributed by atoms with E-state index in [4.69, 9.17) is 0 Å². The maximum Gasteiger partial charge on any atom is 0.0845 e. The van der Waals surface area contributed by atoms with Crippen LogP contribution in [0.4, 0.5) is 0 Å². The third kappa shape index (κ3) is 3.76. The Kier molecular flexibility index (Phi) is 5.13. The van der Waals surface area contributed by atoms with Gasteiger partial charge in [0.25, 0.3) is 0 Å². The molecule has 98 valence electrons. The van der Waals surface area contributed by atoms with Crippen LogP contribution in [0.15, 0.2) is 17.6 Å². The zero-order valence-corrected chi connectivity index (χ0v) is 13.5. The average molecular weight is 376 g/mol. The monoisotopic (exact) mass is 376 g/mol. The summed E-state index contributed by atoms with van der Waals surface area (Å²) in [7, 11) is 1.90. The fourth-order valence-corrected chi connectivity index (χ4v) is 3.26. The van der Waals surface area contributed by atoms with Crippen LogP contribution >= 0.6 is 33.9 Å². The average Bonchev–Trinajstić information content (AvgIpc) is 2.93. The molecule has 4 nitrogen and oxygen atoms in total. The number of hydrogen-bond acceptors (Lipinski definition) is 4. The van der Waals surface area contributed by atoms with Gasteiger partial charge < -0.3 is 5.32 Å². The number of nitrogens with zero attached hydrogens (tertiary/aromatic N) is 3. The second kappa shape index (κ2) is 6.63. The van der Waals surface area contributed by atoms with Gasteiger partial charge in [-0.15, -0.1) is 16.4 Å². The standard InChI is InChI=1S/C12H17IN4S/c1-3-4-14-11(9-5-12(13)18-8-9)6-10-7-17(2)16-15-10/h5,7-8,11,14H,3-4,6H2,1-2H3. The first-order valence-electron chi connectivity index (χ1n) is 6.01. The molecule has 0 saturated carbocycles. The molecule has 6 heteroatoms. The molecule has 18 heavy (non-hydrogen) atoms. The lowest BCUT2D eigenvalue weighted by molar-refractivity contribution is 0.525. The van der Waals surface area contributed by atoms with E-state index in [0.29, 0.717) is 6.04 Å². The molecule has 1 N–H and O–H groups in total. The van der Waals surface area contributed by atoms with Crippen LogP contribution in [0, 0.1) is 2.88 Å². The number of aromatic nitrogens is 3. The van der Waals surface area contributed by atoms with Crippen LogP contribution in [0.25, 0.3) is 0 Å². The molecule has 0 saturated heterocycles. The van der Waals surface area contributed by atoms with E-state index in [-0.39, 0.29) is 0 Å². The van der Waals surface area contributed by atoms with Crippen molar-refractivity contribution in [1.82, 2.24) is 20.3 Å². The minimum absolute atomic E-state index is 0.335. The molecule has 0 radical (unpaired) electrons. The van der Waals surface area contributed by atoms with E-state index in [1.165, 1.54) is 8.45 Å². The normalized spacial score (nSPS) is 12.8. The van der Waals surface area contributed by atoms with Gasteiger partial charge in [-0.3, -0.25) is 4.68 Å². The summed E-state index contributed by atoms with van der Waals surface area (Å²) in [5.41, 5.74) is 2.39. The second-order valence-electron chi connectivity index (χ2n) is 4.28. The zero-order valence-electron chi connectivity index (χ0n) is 10.6. The van der Waals surface area contributed by atoms with Gasteiger partial charge in [-0.05, 0) is 52.6 Å². The Morgan fingerprint density at radius 1 is 1.56 bits per heavy atom. The molecule has 2 aromatic rings. The predicted octanol–water partition coefficient (Wildman–Crippen LogP) is 2.76. The number of halogens is 1. The summed E-state index contributed by atoms with van der Waals surface area (Å²) in [4.78, 5) is 0. The Hall–Kier alpha value is -0.470. The van der Waals surface area contributed by atoms with Crippen molar-refractivity contribution in [2.75, 3.05) is 6.54 Å². The van der Waals surface area contributed by atoms with Gasteiger partial charge in [0.2, 0.25) is 0 Å². The zero-order chi connectivity index (χ0) is 13.0. The first kappa shape index (κ1) is 14.0. The molecule has 0 aromatic carbocycles. The van der Waals surface area contributed by atoms with Crippen LogP contribution in [0.3, 0.4) is 0 Å². The highest BCUT2D eigenvalue weighted by Crippen LogP contribution is 2.24. The molecule has 2 rings (SSSR count). The highest BCUT2D eigenvalue weighted by Gasteiger charge is 2.14. The van der Waals surface area contributed by atoms with Crippen LogP contribution < -0.4 is 5.32 Å². The topological polar surface area (TPSA) is 42.7 Å². The third-order valence-corrected chi connectivity index (χ3v) is 4.50. The van der Waals surface area contributed by atoms with E-state index in [9.17, 15) is 0 Å². The Morgan fingerprint density at radius 2 is 2.39 bits per heavy atom. The molecule has 0 aliphatic heterocycles. The minimum Gasteiger partial charge on any atom is -0.310 e. The van der Waals surface area contributed by atoms with Gasteiger partial charge in [-0.1, -0.05) is 12.1 Å². The first-order chi connectivity index (χ1) is 8.69. The van der Waals surface area contributed by atoms with Gasteiger partial charge in [0.15, 0.2) is 0 Å². The molecule has 2 heterocycles. The SMILES string of the molecule is CCCNC(Cc1cn(C)nn1)c1csc(I)c1. The summed E-state index contributed by atoms with van der Waals surface area (Å²) >= 11 is 4.15. The van der Waals surface area contributed by atoms with E-state index in [0.717, 1.165) is 25.1 Å². The summed E-state index contributed by atoms with van der Waals surface area (Å²) in [6, 6.07) is 2.58. The molecular weight excluding hydrogens is 359 g/mol. The fraction of sp³-hybridized carbons (Fsp3) is 0.500. The summed E-state index contributed by atoms with van der Waals surface area (Å²) in [6.07, 6.45) is 4.01. The van der Waals surface area contributed by atoms with Gasteiger partial charge in [-0.2, -0.15) is 0 Å². The van der Waals surface area contributed by atoms with Gasteiger partial charge in [-0.25, -0.2) is 0 Å². The van der Waals surface area contributed by atoms with Gasteiger partial charge in [0.1, 0.15) is 0 Å². The molecule has 2 aromatic heterocycles. The highest BCUT2D eigenvalue weighted by atomic mass is 127. The number of nitrogens with one attached hydrogen (secondary N) is 1. The van der Waals surface area contributed by atoms with E-state index in [1.54, 1.807) is 16.0 Å². The molecule has 0 aliphatic carbocycles. The lowest BCUT2D eigenvalue weighted by atomic mass is 10.1. The van der Waals surface area contributed by atoms with Crippen molar-refractivity contribution in [1.29, 1.82) is 0 Å². The lowest BCUT2D eigenvalue weighted by Gasteiger charge is -2.16. The van der Waals surface area contributed by atoms with E-state index >= 15 is 0 Å². The van der Waals surface area contributed by atoms with E-state index in [2.05, 4.69) is 56.6 Å². The molecule has 0 fully saturated rings. The molecule has 0 spiro atoms. The Bertz CT molecular complexity index is 494. The van der Waals surface area contributed by atoms with E-state index in [1.807, 2.05) is 13.2 Å². The van der Waals surface area contributed by atoms with Crippen molar-refractivity contribution in [3.8, 4) is 0 Å². The Labute approximate surface area is 125 Å². The maximum atomic E-state index is 4.17.